The van der Waals surface area contributed by atoms with Gasteiger partial charge in [-0.3, -0.25) is 4.90 Å². The minimum absolute atomic E-state index is 0.307. The Morgan fingerprint density at radius 3 is 2.94 bits per heavy atom. The van der Waals surface area contributed by atoms with E-state index in [0.717, 1.165) is 32.8 Å². The number of hydrogen-bond acceptors (Lipinski definition) is 4. The van der Waals surface area contributed by atoms with Crippen LogP contribution in [0.1, 0.15) is 0 Å². The highest BCUT2D eigenvalue weighted by atomic mass is 79.9. The molecule has 0 aliphatic carbocycles. The van der Waals surface area contributed by atoms with Crippen LogP contribution in [0.2, 0.25) is 0 Å². The van der Waals surface area contributed by atoms with E-state index in [2.05, 4.69) is 31.1 Å². The summed E-state index contributed by atoms with van der Waals surface area (Å²) in [5.74, 6) is -0.0252. The third-order valence-electron chi connectivity index (χ3n) is 2.63. The Labute approximate surface area is 108 Å². The van der Waals surface area contributed by atoms with Gasteiger partial charge in [-0.2, -0.15) is 0 Å². The lowest BCUT2D eigenvalue weighted by molar-refractivity contribution is 0.0398. The molecule has 0 aromatic carbocycles. The zero-order chi connectivity index (χ0) is 12.1. The molecule has 6 heteroatoms. The van der Waals surface area contributed by atoms with Crippen LogP contribution in [0, 0.1) is 5.82 Å². The van der Waals surface area contributed by atoms with Crippen LogP contribution >= 0.6 is 15.9 Å². The lowest BCUT2D eigenvalue weighted by atomic mass is 10.4. The van der Waals surface area contributed by atoms with Crippen molar-refractivity contribution in [3.8, 4) is 0 Å². The van der Waals surface area contributed by atoms with Crippen LogP contribution in [0.25, 0.3) is 0 Å². The van der Waals surface area contributed by atoms with Crippen molar-refractivity contribution in [3.63, 3.8) is 0 Å². The van der Waals surface area contributed by atoms with E-state index in [1.165, 1.54) is 6.07 Å². The minimum Gasteiger partial charge on any atom is -0.379 e. The van der Waals surface area contributed by atoms with Crippen molar-refractivity contribution in [1.82, 2.24) is 9.88 Å². The molecule has 1 aliphatic rings. The van der Waals surface area contributed by atoms with Crippen molar-refractivity contribution in [2.45, 2.75) is 0 Å². The Balaban J connectivity index is 1.77. The number of halogens is 2. The van der Waals surface area contributed by atoms with Crippen molar-refractivity contribution < 1.29 is 9.13 Å². The molecule has 0 bridgehead atoms. The lowest BCUT2D eigenvalue weighted by Crippen LogP contribution is -2.39. The van der Waals surface area contributed by atoms with Crippen molar-refractivity contribution >= 4 is 21.7 Å². The van der Waals surface area contributed by atoms with Crippen LogP contribution < -0.4 is 5.32 Å². The quantitative estimate of drug-likeness (QED) is 0.919. The molecule has 0 saturated carbocycles. The molecular weight excluding hydrogens is 289 g/mol. The molecule has 0 atom stereocenters. The fourth-order valence-electron chi connectivity index (χ4n) is 1.70. The first-order valence-electron chi connectivity index (χ1n) is 5.61. The van der Waals surface area contributed by atoms with E-state index in [0.29, 0.717) is 16.8 Å². The third-order valence-corrected chi connectivity index (χ3v) is 3.07. The van der Waals surface area contributed by atoms with Crippen LogP contribution in [0.15, 0.2) is 16.7 Å². The average molecular weight is 304 g/mol. The first-order valence-corrected chi connectivity index (χ1v) is 6.40. The van der Waals surface area contributed by atoms with Gasteiger partial charge < -0.3 is 10.1 Å². The summed E-state index contributed by atoms with van der Waals surface area (Å²) in [5, 5.41) is 3.00. The summed E-state index contributed by atoms with van der Waals surface area (Å²) in [6.07, 6.45) is 1.58. The van der Waals surface area contributed by atoms with Gasteiger partial charge in [0.15, 0.2) is 11.6 Å². The lowest BCUT2D eigenvalue weighted by Gasteiger charge is -2.26. The monoisotopic (exact) mass is 303 g/mol. The summed E-state index contributed by atoms with van der Waals surface area (Å²) in [7, 11) is 0. The van der Waals surface area contributed by atoms with E-state index >= 15 is 0 Å². The van der Waals surface area contributed by atoms with Gasteiger partial charge in [-0.1, -0.05) is 0 Å². The van der Waals surface area contributed by atoms with Gasteiger partial charge in [0.2, 0.25) is 0 Å². The van der Waals surface area contributed by atoms with Gasteiger partial charge in [-0.05, 0) is 22.0 Å². The van der Waals surface area contributed by atoms with E-state index in [-0.39, 0.29) is 5.82 Å². The maximum atomic E-state index is 13.4. The molecule has 2 heterocycles. The van der Waals surface area contributed by atoms with Crippen molar-refractivity contribution in [3.05, 3.63) is 22.6 Å². The fourth-order valence-corrected chi connectivity index (χ4v) is 2.01. The highest BCUT2D eigenvalue weighted by Gasteiger charge is 2.10. The highest BCUT2D eigenvalue weighted by molar-refractivity contribution is 9.10. The molecule has 2 rings (SSSR count). The van der Waals surface area contributed by atoms with Crippen LogP contribution in [0.4, 0.5) is 10.2 Å². The number of pyridine rings is 1. The second-order valence-electron chi connectivity index (χ2n) is 3.86. The van der Waals surface area contributed by atoms with Crippen LogP contribution in [-0.4, -0.2) is 49.3 Å². The number of rotatable bonds is 4. The molecule has 4 nitrogen and oxygen atoms in total. The summed E-state index contributed by atoms with van der Waals surface area (Å²) in [6, 6.07) is 1.41. The summed E-state index contributed by atoms with van der Waals surface area (Å²) in [5.41, 5.74) is 0. The zero-order valence-electron chi connectivity index (χ0n) is 9.46. The Morgan fingerprint density at radius 1 is 1.47 bits per heavy atom. The molecule has 1 N–H and O–H groups in total. The van der Waals surface area contributed by atoms with Gasteiger partial charge in [0.25, 0.3) is 0 Å². The highest BCUT2D eigenvalue weighted by Crippen LogP contribution is 2.15. The zero-order valence-corrected chi connectivity index (χ0v) is 11.0. The first kappa shape index (κ1) is 12.7. The summed E-state index contributed by atoms with van der Waals surface area (Å²) < 4.78 is 19.3. The Bertz CT molecular complexity index is 372. The van der Waals surface area contributed by atoms with Gasteiger partial charge in [0.05, 0.1) is 13.2 Å². The standard InChI is InChI=1S/C11H15BrFN3O/c12-9-7-10(13)11(15-8-9)14-1-2-16-3-5-17-6-4-16/h7-8H,1-6H2,(H,14,15). The van der Waals surface area contributed by atoms with E-state index < -0.39 is 0 Å². The number of anilines is 1. The fraction of sp³-hybridized carbons (Fsp3) is 0.545. The number of aromatic nitrogens is 1. The first-order chi connectivity index (χ1) is 8.25. The Morgan fingerprint density at radius 2 is 2.24 bits per heavy atom. The smallest absolute Gasteiger partial charge is 0.166 e. The molecule has 0 unspecified atom stereocenters. The van der Waals surface area contributed by atoms with Gasteiger partial charge >= 0.3 is 0 Å². The average Bonchev–Trinajstić information content (AvgIpc) is 2.33. The molecule has 0 amide bonds. The van der Waals surface area contributed by atoms with E-state index in [1.54, 1.807) is 6.20 Å². The molecule has 1 aliphatic heterocycles. The second kappa shape index (κ2) is 6.28. The van der Waals surface area contributed by atoms with E-state index in [4.69, 9.17) is 4.74 Å². The van der Waals surface area contributed by atoms with Gasteiger partial charge in [0, 0.05) is 36.8 Å². The van der Waals surface area contributed by atoms with Crippen LogP contribution in [-0.2, 0) is 4.74 Å². The molecular formula is C11H15BrFN3O. The van der Waals surface area contributed by atoms with Gasteiger partial charge in [0.1, 0.15) is 0 Å². The van der Waals surface area contributed by atoms with E-state index in [1.807, 2.05) is 0 Å². The van der Waals surface area contributed by atoms with Gasteiger partial charge in [-0.15, -0.1) is 0 Å². The topological polar surface area (TPSA) is 37.4 Å². The van der Waals surface area contributed by atoms with Crippen molar-refractivity contribution in [2.24, 2.45) is 0 Å². The van der Waals surface area contributed by atoms with Crippen LogP contribution in [0.5, 0.6) is 0 Å². The molecule has 94 valence electrons. The van der Waals surface area contributed by atoms with Gasteiger partial charge in [-0.25, -0.2) is 9.37 Å². The normalized spacial score (nSPS) is 17.1. The van der Waals surface area contributed by atoms with Crippen molar-refractivity contribution in [1.29, 1.82) is 0 Å². The molecule has 1 saturated heterocycles. The van der Waals surface area contributed by atoms with Crippen LogP contribution in [0.3, 0.4) is 0 Å². The Hall–Kier alpha value is -0.720. The molecule has 1 fully saturated rings. The molecule has 17 heavy (non-hydrogen) atoms. The number of nitrogens with zero attached hydrogens (tertiary/aromatic N) is 2. The molecule has 0 spiro atoms. The second-order valence-corrected chi connectivity index (χ2v) is 4.78. The van der Waals surface area contributed by atoms with Crippen molar-refractivity contribution in [2.75, 3.05) is 44.7 Å². The summed E-state index contributed by atoms with van der Waals surface area (Å²) >= 11 is 3.17. The molecule has 1 aromatic rings. The Kier molecular flexibility index (Phi) is 4.70. The van der Waals surface area contributed by atoms with E-state index in [9.17, 15) is 4.39 Å². The molecule has 0 radical (unpaired) electrons. The summed E-state index contributed by atoms with van der Waals surface area (Å²) in [4.78, 5) is 6.27. The molecule has 1 aromatic heterocycles. The predicted octanol–water partition coefficient (Wildman–Crippen LogP) is 1.73. The number of hydrogen-bond donors (Lipinski definition) is 1. The predicted molar refractivity (Wildman–Crippen MR) is 67.6 cm³/mol. The number of morpholine rings is 1. The number of nitrogens with one attached hydrogen (secondary N) is 1. The maximum Gasteiger partial charge on any atom is 0.166 e. The minimum atomic E-state index is -0.332. The number of ether oxygens (including phenoxy) is 1. The summed E-state index contributed by atoms with van der Waals surface area (Å²) in [6.45, 7) is 5.01. The largest absolute Gasteiger partial charge is 0.379 e. The SMILES string of the molecule is Fc1cc(Br)cnc1NCCN1CCOCC1. The maximum absolute atomic E-state index is 13.4. The third kappa shape index (κ3) is 3.90.